The molecular weight excluding hydrogens is 426 g/mol. The third kappa shape index (κ3) is 4.12. The second-order valence-corrected chi connectivity index (χ2v) is 8.53. The van der Waals surface area contributed by atoms with Crippen LogP contribution in [0, 0.1) is 0 Å². The summed E-state index contributed by atoms with van der Waals surface area (Å²) in [5.74, 6) is 0. The van der Waals surface area contributed by atoms with Crippen molar-refractivity contribution in [2.75, 3.05) is 19.6 Å². The summed E-state index contributed by atoms with van der Waals surface area (Å²) < 4.78 is 7.24. The quantitative estimate of drug-likeness (QED) is 0.359. The highest BCUT2D eigenvalue weighted by atomic mass is 79.9. The predicted molar refractivity (Wildman–Crippen MR) is 125 cm³/mol. The Labute approximate surface area is 179 Å². The van der Waals surface area contributed by atoms with Crippen molar-refractivity contribution in [3.8, 4) is 0 Å². The van der Waals surface area contributed by atoms with E-state index in [-0.39, 0.29) is 6.04 Å². The molecule has 5 heteroatoms. The van der Waals surface area contributed by atoms with Gasteiger partial charge in [0.15, 0.2) is 0 Å². The van der Waals surface area contributed by atoms with E-state index >= 15 is 0 Å². The average Bonchev–Trinajstić information content (AvgIpc) is 3.09. The molecule has 4 aromatic rings. The van der Waals surface area contributed by atoms with Crippen LogP contribution in [0.15, 0.2) is 56.3 Å². The van der Waals surface area contributed by atoms with Crippen LogP contribution in [0.3, 0.4) is 0 Å². The van der Waals surface area contributed by atoms with Crippen LogP contribution in [-0.2, 0) is 0 Å². The fraction of sp³-hybridized carbons (Fsp3) is 0.375. The lowest BCUT2D eigenvalue weighted by Gasteiger charge is -2.18. The smallest absolute Gasteiger partial charge is 0.208 e. The lowest BCUT2D eigenvalue weighted by atomic mass is 10.1. The minimum atomic E-state index is 0.243. The topological polar surface area (TPSA) is 44.5 Å². The molecule has 2 aromatic heterocycles. The van der Waals surface area contributed by atoms with Gasteiger partial charge in [0.2, 0.25) is 5.71 Å². The zero-order chi connectivity index (χ0) is 20.4. The number of halogens is 1. The van der Waals surface area contributed by atoms with Gasteiger partial charge in [0, 0.05) is 26.8 Å². The lowest BCUT2D eigenvalue weighted by molar-refractivity contribution is 0.294. The molecular formula is C24H28BrN3O. The molecule has 0 aliphatic rings. The SMILES string of the molecule is CCN(CC)CCCC(C)N=c1c2cc(Br)ccc2oc2[nH]c3ccccc3c12. The van der Waals surface area contributed by atoms with Crippen molar-refractivity contribution in [1.29, 1.82) is 0 Å². The van der Waals surface area contributed by atoms with Crippen LogP contribution in [0.1, 0.15) is 33.6 Å². The first-order valence-electron chi connectivity index (χ1n) is 10.5. The van der Waals surface area contributed by atoms with Gasteiger partial charge in [-0.15, -0.1) is 0 Å². The first kappa shape index (κ1) is 20.2. The number of hydrogen-bond acceptors (Lipinski definition) is 3. The van der Waals surface area contributed by atoms with E-state index in [1.807, 2.05) is 18.2 Å². The van der Waals surface area contributed by atoms with Gasteiger partial charge in [0.05, 0.1) is 10.7 Å². The number of fused-ring (bicyclic) bond motifs is 4. The summed E-state index contributed by atoms with van der Waals surface area (Å²) in [6.07, 6.45) is 2.23. The molecule has 0 saturated heterocycles. The molecule has 0 radical (unpaired) electrons. The monoisotopic (exact) mass is 453 g/mol. The Morgan fingerprint density at radius 1 is 1.10 bits per heavy atom. The summed E-state index contributed by atoms with van der Waals surface area (Å²) in [7, 11) is 0. The van der Waals surface area contributed by atoms with E-state index in [0.29, 0.717) is 0 Å². The Morgan fingerprint density at radius 3 is 2.69 bits per heavy atom. The van der Waals surface area contributed by atoms with Gasteiger partial charge in [-0.05, 0) is 63.7 Å². The fourth-order valence-corrected chi connectivity index (χ4v) is 4.38. The Kier molecular flexibility index (Phi) is 6.07. The summed E-state index contributed by atoms with van der Waals surface area (Å²) in [6.45, 7) is 10.0. The number of aromatic nitrogens is 1. The Hall–Kier alpha value is -2.11. The fourth-order valence-electron chi connectivity index (χ4n) is 4.02. The van der Waals surface area contributed by atoms with Crippen LogP contribution < -0.4 is 5.36 Å². The molecule has 2 heterocycles. The number of benzene rings is 2. The minimum absolute atomic E-state index is 0.243. The number of nitrogens with one attached hydrogen (secondary N) is 1. The van der Waals surface area contributed by atoms with E-state index in [1.165, 1.54) is 0 Å². The van der Waals surface area contributed by atoms with Gasteiger partial charge in [-0.2, -0.15) is 0 Å². The molecule has 1 N–H and O–H groups in total. The van der Waals surface area contributed by atoms with E-state index in [1.54, 1.807) is 0 Å². The van der Waals surface area contributed by atoms with E-state index in [0.717, 1.165) is 75.3 Å². The summed E-state index contributed by atoms with van der Waals surface area (Å²) in [6, 6.07) is 14.7. The molecule has 0 amide bonds. The number of aromatic amines is 1. The van der Waals surface area contributed by atoms with Gasteiger partial charge in [-0.1, -0.05) is 48.0 Å². The van der Waals surface area contributed by atoms with Crippen LogP contribution in [0.2, 0.25) is 0 Å². The highest BCUT2D eigenvalue weighted by molar-refractivity contribution is 9.10. The molecule has 152 valence electrons. The largest absolute Gasteiger partial charge is 0.440 e. The van der Waals surface area contributed by atoms with Crippen molar-refractivity contribution < 1.29 is 4.42 Å². The highest BCUT2D eigenvalue weighted by Gasteiger charge is 2.13. The van der Waals surface area contributed by atoms with Crippen molar-refractivity contribution in [3.05, 3.63) is 52.3 Å². The molecule has 1 unspecified atom stereocenters. The van der Waals surface area contributed by atoms with Crippen LogP contribution in [-0.4, -0.2) is 35.6 Å². The summed E-state index contributed by atoms with van der Waals surface area (Å²) in [4.78, 5) is 11.1. The number of nitrogens with zero attached hydrogens (tertiary/aromatic N) is 2. The zero-order valence-electron chi connectivity index (χ0n) is 17.3. The van der Waals surface area contributed by atoms with Crippen molar-refractivity contribution in [2.45, 2.75) is 39.7 Å². The van der Waals surface area contributed by atoms with Crippen molar-refractivity contribution in [2.24, 2.45) is 4.99 Å². The lowest BCUT2D eigenvalue weighted by Crippen LogP contribution is -2.24. The van der Waals surface area contributed by atoms with Crippen LogP contribution in [0.4, 0.5) is 0 Å². The van der Waals surface area contributed by atoms with Crippen LogP contribution in [0.5, 0.6) is 0 Å². The molecule has 0 saturated carbocycles. The van der Waals surface area contributed by atoms with E-state index in [4.69, 9.17) is 9.41 Å². The first-order chi connectivity index (χ1) is 14.1. The molecule has 2 aromatic carbocycles. The maximum atomic E-state index is 6.21. The van der Waals surface area contributed by atoms with E-state index < -0.39 is 0 Å². The summed E-state index contributed by atoms with van der Waals surface area (Å²) in [5.41, 5.74) is 2.71. The first-order valence-corrected chi connectivity index (χ1v) is 11.3. The average molecular weight is 454 g/mol. The Balaban J connectivity index is 1.83. The van der Waals surface area contributed by atoms with Gasteiger partial charge in [0.25, 0.3) is 0 Å². The summed E-state index contributed by atoms with van der Waals surface area (Å²) in [5, 5.41) is 4.30. The third-order valence-corrected chi connectivity index (χ3v) is 6.15. The number of para-hydroxylation sites is 1. The molecule has 0 aliphatic carbocycles. The van der Waals surface area contributed by atoms with Gasteiger partial charge >= 0.3 is 0 Å². The van der Waals surface area contributed by atoms with Crippen LogP contribution >= 0.6 is 15.9 Å². The normalized spacial score (nSPS) is 13.9. The number of hydrogen-bond donors (Lipinski definition) is 1. The zero-order valence-corrected chi connectivity index (χ0v) is 18.9. The third-order valence-electron chi connectivity index (χ3n) is 5.66. The number of H-pyrrole nitrogens is 1. The maximum absolute atomic E-state index is 6.21. The standard InChI is InChI=1S/C24H28BrN3O/c1-4-28(5-2)14-8-9-16(3)26-23-19-15-17(25)12-13-21(19)29-24-22(23)18-10-6-7-11-20(18)27-24/h6-7,10-13,15-16,27H,4-5,8-9,14H2,1-3H3. The molecule has 29 heavy (non-hydrogen) atoms. The molecule has 0 spiro atoms. The van der Waals surface area contributed by atoms with Crippen molar-refractivity contribution >= 4 is 48.9 Å². The van der Waals surface area contributed by atoms with Gasteiger partial charge < -0.3 is 14.3 Å². The van der Waals surface area contributed by atoms with E-state index in [2.05, 4.69) is 70.9 Å². The second-order valence-electron chi connectivity index (χ2n) is 7.61. The Bertz CT molecular complexity index is 1200. The Morgan fingerprint density at radius 2 is 1.90 bits per heavy atom. The second kappa shape index (κ2) is 8.72. The van der Waals surface area contributed by atoms with Gasteiger partial charge in [0.1, 0.15) is 5.58 Å². The molecule has 0 bridgehead atoms. The minimum Gasteiger partial charge on any atom is -0.440 e. The van der Waals surface area contributed by atoms with Gasteiger partial charge in [-0.3, -0.25) is 4.99 Å². The molecule has 0 fully saturated rings. The summed E-state index contributed by atoms with van der Waals surface area (Å²) >= 11 is 3.61. The predicted octanol–water partition coefficient (Wildman–Crippen LogP) is 6.24. The molecule has 4 nitrogen and oxygen atoms in total. The van der Waals surface area contributed by atoms with E-state index in [9.17, 15) is 0 Å². The number of rotatable bonds is 7. The highest BCUT2D eigenvalue weighted by Crippen LogP contribution is 2.27. The maximum Gasteiger partial charge on any atom is 0.208 e. The van der Waals surface area contributed by atoms with Gasteiger partial charge in [-0.25, -0.2) is 0 Å². The molecule has 0 aliphatic heterocycles. The molecule has 4 rings (SSSR count). The van der Waals surface area contributed by atoms with Crippen molar-refractivity contribution in [1.82, 2.24) is 9.88 Å². The van der Waals surface area contributed by atoms with Crippen LogP contribution in [0.25, 0.3) is 33.0 Å². The molecule has 1 atom stereocenters. The van der Waals surface area contributed by atoms with Crippen molar-refractivity contribution in [3.63, 3.8) is 0 Å².